The lowest BCUT2D eigenvalue weighted by atomic mass is 10.1. The van der Waals surface area contributed by atoms with Crippen LogP contribution in [0.2, 0.25) is 0 Å². The van der Waals surface area contributed by atoms with E-state index in [4.69, 9.17) is 18.7 Å². The van der Waals surface area contributed by atoms with Crippen LogP contribution in [0.1, 0.15) is 23.4 Å². The molecule has 2 aromatic rings. The van der Waals surface area contributed by atoms with Gasteiger partial charge >= 0.3 is 6.03 Å². The maximum atomic E-state index is 12.9. The van der Waals surface area contributed by atoms with Crippen LogP contribution in [0.5, 0.6) is 5.75 Å². The Hall–Kier alpha value is -2.62. The van der Waals surface area contributed by atoms with Crippen LogP contribution in [0, 0.1) is 13.8 Å². The second-order valence-electron chi connectivity index (χ2n) is 8.06. The molecule has 2 aliphatic heterocycles. The number of nitrogens with zero attached hydrogens (tertiary/aromatic N) is 3. The van der Waals surface area contributed by atoms with Gasteiger partial charge in [0, 0.05) is 37.0 Å². The number of ether oxygens (including phenoxy) is 3. The minimum absolute atomic E-state index is 0.180. The minimum Gasteiger partial charge on any atom is -0.497 e. The Morgan fingerprint density at radius 3 is 2.84 bits per heavy atom. The summed E-state index contributed by atoms with van der Waals surface area (Å²) in [5, 5.41) is 7.01. The number of nitrogens with one attached hydrogen (secondary N) is 1. The molecule has 2 fully saturated rings. The molecule has 1 unspecified atom stereocenters. The average molecular weight is 431 g/mol. The Labute approximate surface area is 182 Å². The van der Waals surface area contributed by atoms with Crippen LogP contribution < -0.4 is 10.1 Å². The molecule has 1 spiro atoms. The third-order valence-corrected chi connectivity index (χ3v) is 5.78. The Bertz CT molecular complexity index is 898. The number of hydrogen-bond acceptors (Lipinski definition) is 7. The molecule has 1 atom stereocenters. The number of aryl methyl sites for hydroxylation is 2. The number of aromatic nitrogens is 1. The number of rotatable bonds is 4. The molecule has 4 rings (SSSR count). The molecule has 1 N–H and O–H groups in total. The first-order valence-corrected chi connectivity index (χ1v) is 10.6. The third kappa shape index (κ3) is 5.00. The monoisotopic (exact) mass is 430 g/mol. The molecule has 2 saturated heterocycles. The zero-order chi connectivity index (χ0) is 21.8. The first-order valence-electron chi connectivity index (χ1n) is 10.6. The van der Waals surface area contributed by atoms with E-state index in [0.29, 0.717) is 50.8 Å². The van der Waals surface area contributed by atoms with E-state index < -0.39 is 5.79 Å². The van der Waals surface area contributed by atoms with Gasteiger partial charge in [0.25, 0.3) is 0 Å². The van der Waals surface area contributed by atoms with Crippen LogP contribution in [0.3, 0.4) is 0 Å². The fraction of sp³-hybridized carbons (Fsp3) is 0.545. The highest BCUT2D eigenvalue weighted by molar-refractivity contribution is 5.89. The average Bonchev–Trinajstić information content (AvgIpc) is 2.96. The van der Waals surface area contributed by atoms with Gasteiger partial charge in [0.2, 0.25) is 0 Å². The van der Waals surface area contributed by atoms with E-state index >= 15 is 0 Å². The molecular weight excluding hydrogens is 400 g/mol. The maximum Gasteiger partial charge on any atom is 0.322 e. The van der Waals surface area contributed by atoms with Gasteiger partial charge in [0.05, 0.1) is 39.1 Å². The lowest BCUT2D eigenvalue weighted by molar-refractivity contribution is -0.260. The van der Waals surface area contributed by atoms with E-state index in [2.05, 4.69) is 15.4 Å². The first-order chi connectivity index (χ1) is 15.0. The Morgan fingerprint density at radius 1 is 1.23 bits per heavy atom. The standard InChI is InChI=1S/C22H30N4O5/c1-16-20(17(2)31-24-16)13-25-8-5-10-29-22(14-25)15-26(9-11-30-22)21(27)23-18-6-4-7-19(12-18)28-3/h4,6-7,12H,5,8-11,13-15H2,1-3H3,(H,23,27). The molecule has 1 aromatic heterocycles. The van der Waals surface area contributed by atoms with Crippen molar-refractivity contribution in [3.8, 4) is 5.75 Å². The smallest absolute Gasteiger partial charge is 0.322 e. The minimum atomic E-state index is -0.848. The molecule has 3 heterocycles. The molecular formula is C22H30N4O5. The molecule has 9 nitrogen and oxygen atoms in total. The molecule has 0 saturated carbocycles. The highest BCUT2D eigenvalue weighted by Crippen LogP contribution is 2.27. The SMILES string of the molecule is COc1cccc(NC(=O)N2CCOC3(CN(Cc4c(C)noc4C)CCCO3)C2)c1. The number of urea groups is 1. The van der Waals surface area contributed by atoms with Crippen molar-refractivity contribution in [2.24, 2.45) is 0 Å². The summed E-state index contributed by atoms with van der Waals surface area (Å²) in [6, 6.07) is 7.13. The molecule has 0 bridgehead atoms. The predicted octanol–water partition coefficient (Wildman–Crippen LogP) is 2.78. The largest absolute Gasteiger partial charge is 0.497 e. The molecule has 9 heteroatoms. The van der Waals surface area contributed by atoms with Crippen LogP contribution in [0.25, 0.3) is 0 Å². The van der Waals surface area contributed by atoms with E-state index in [0.717, 1.165) is 30.0 Å². The van der Waals surface area contributed by atoms with E-state index in [-0.39, 0.29) is 6.03 Å². The van der Waals surface area contributed by atoms with Gasteiger partial charge in [-0.15, -0.1) is 0 Å². The van der Waals surface area contributed by atoms with Crippen LogP contribution >= 0.6 is 0 Å². The number of anilines is 1. The van der Waals surface area contributed by atoms with Crippen LogP contribution in [0.4, 0.5) is 10.5 Å². The van der Waals surface area contributed by atoms with E-state index in [9.17, 15) is 4.79 Å². The molecule has 0 aliphatic carbocycles. The summed E-state index contributed by atoms with van der Waals surface area (Å²) in [7, 11) is 1.60. The summed E-state index contributed by atoms with van der Waals surface area (Å²) in [6.07, 6.45) is 0.893. The van der Waals surface area contributed by atoms with Crippen LogP contribution in [-0.4, -0.2) is 73.3 Å². The van der Waals surface area contributed by atoms with Crippen molar-refractivity contribution >= 4 is 11.7 Å². The van der Waals surface area contributed by atoms with Crippen molar-refractivity contribution in [2.45, 2.75) is 32.6 Å². The zero-order valence-corrected chi connectivity index (χ0v) is 18.3. The van der Waals surface area contributed by atoms with Crippen molar-refractivity contribution in [3.63, 3.8) is 0 Å². The Balaban J connectivity index is 1.44. The summed E-state index contributed by atoms with van der Waals surface area (Å²) >= 11 is 0. The Kier molecular flexibility index (Phi) is 6.45. The Morgan fingerprint density at radius 2 is 2.06 bits per heavy atom. The van der Waals surface area contributed by atoms with Gasteiger partial charge in [0.15, 0.2) is 5.79 Å². The topological polar surface area (TPSA) is 89.3 Å². The summed E-state index contributed by atoms with van der Waals surface area (Å²) in [5.41, 5.74) is 2.69. The molecule has 31 heavy (non-hydrogen) atoms. The molecule has 2 amide bonds. The summed E-state index contributed by atoms with van der Waals surface area (Å²) in [4.78, 5) is 17.0. The number of carbonyl (C=O) groups excluding carboxylic acids is 1. The molecule has 2 aliphatic rings. The molecule has 0 radical (unpaired) electrons. The number of morpholine rings is 1. The van der Waals surface area contributed by atoms with Crippen molar-refractivity contribution in [1.82, 2.24) is 15.0 Å². The van der Waals surface area contributed by atoms with Crippen LogP contribution in [0.15, 0.2) is 28.8 Å². The van der Waals surface area contributed by atoms with Gasteiger partial charge in [-0.05, 0) is 32.4 Å². The van der Waals surface area contributed by atoms with Crippen molar-refractivity contribution < 1.29 is 23.5 Å². The van der Waals surface area contributed by atoms with Gasteiger partial charge in [-0.25, -0.2) is 4.79 Å². The van der Waals surface area contributed by atoms with Crippen molar-refractivity contribution in [3.05, 3.63) is 41.3 Å². The zero-order valence-electron chi connectivity index (χ0n) is 18.3. The lowest BCUT2D eigenvalue weighted by Crippen LogP contribution is -2.59. The fourth-order valence-electron chi connectivity index (χ4n) is 4.11. The maximum absolute atomic E-state index is 12.9. The van der Waals surface area contributed by atoms with Gasteiger partial charge in [-0.3, -0.25) is 4.90 Å². The van der Waals surface area contributed by atoms with E-state index in [1.54, 1.807) is 18.1 Å². The van der Waals surface area contributed by atoms with Gasteiger partial charge in [-0.2, -0.15) is 0 Å². The highest BCUT2D eigenvalue weighted by atomic mass is 16.7. The van der Waals surface area contributed by atoms with Gasteiger partial charge in [-0.1, -0.05) is 11.2 Å². The molecule has 168 valence electrons. The number of methoxy groups -OCH3 is 1. The van der Waals surface area contributed by atoms with E-state index in [1.807, 2.05) is 32.0 Å². The van der Waals surface area contributed by atoms with Crippen LogP contribution in [-0.2, 0) is 16.0 Å². The quantitative estimate of drug-likeness (QED) is 0.798. The first kappa shape index (κ1) is 21.6. The van der Waals surface area contributed by atoms with Crippen molar-refractivity contribution in [1.29, 1.82) is 0 Å². The summed E-state index contributed by atoms with van der Waals surface area (Å²) in [6.45, 7) is 7.93. The lowest BCUT2D eigenvalue weighted by Gasteiger charge is -2.43. The normalized spacial score (nSPS) is 22.4. The number of benzene rings is 1. The fourth-order valence-corrected chi connectivity index (χ4v) is 4.11. The highest BCUT2D eigenvalue weighted by Gasteiger charge is 2.42. The van der Waals surface area contributed by atoms with Gasteiger partial charge < -0.3 is 29.0 Å². The second kappa shape index (κ2) is 9.25. The number of amides is 2. The number of hydrogen-bond donors (Lipinski definition) is 1. The molecule has 1 aromatic carbocycles. The summed E-state index contributed by atoms with van der Waals surface area (Å²) in [5.74, 6) is 0.679. The number of carbonyl (C=O) groups is 1. The van der Waals surface area contributed by atoms with Crippen molar-refractivity contribution in [2.75, 3.05) is 51.8 Å². The van der Waals surface area contributed by atoms with Gasteiger partial charge in [0.1, 0.15) is 11.5 Å². The predicted molar refractivity (Wildman–Crippen MR) is 114 cm³/mol. The second-order valence-corrected chi connectivity index (χ2v) is 8.06. The van der Waals surface area contributed by atoms with E-state index in [1.165, 1.54) is 0 Å². The summed E-state index contributed by atoms with van der Waals surface area (Å²) < 4.78 is 22.8. The third-order valence-electron chi connectivity index (χ3n) is 5.78.